The number of hydrogen-bond donors (Lipinski definition) is 1. The van der Waals surface area contributed by atoms with Crippen LogP contribution < -0.4 is 0 Å². The zero-order chi connectivity index (χ0) is 17.3. The Hall–Kier alpha value is -2.86. The number of phenols is 1. The highest BCUT2D eigenvalue weighted by Crippen LogP contribution is 2.34. The number of rotatable bonds is 2. The van der Waals surface area contributed by atoms with Crippen LogP contribution in [0.1, 0.15) is 21.5 Å². The van der Waals surface area contributed by atoms with Gasteiger partial charge in [0.05, 0.1) is 4.91 Å². The predicted octanol–water partition coefficient (Wildman–Crippen LogP) is 3.58. The molecule has 5 nitrogen and oxygen atoms in total. The van der Waals surface area contributed by atoms with Crippen LogP contribution in [0.15, 0.2) is 53.4 Å². The van der Waals surface area contributed by atoms with Gasteiger partial charge in [-0.3, -0.25) is 14.4 Å². The maximum Gasteiger partial charge on any atom is 0.300 e. The van der Waals surface area contributed by atoms with Gasteiger partial charge in [-0.2, -0.15) is 0 Å². The highest BCUT2D eigenvalue weighted by Gasteiger charge is 2.40. The van der Waals surface area contributed by atoms with Gasteiger partial charge in [-0.1, -0.05) is 35.9 Å². The fourth-order valence-electron chi connectivity index (χ4n) is 2.22. The first kappa shape index (κ1) is 16.0. The molecule has 1 aliphatic rings. The summed E-state index contributed by atoms with van der Waals surface area (Å²) in [7, 11) is 0. The number of carbonyl (C=O) groups excluding carboxylic acids is 3. The maximum atomic E-state index is 12.4. The summed E-state index contributed by atoms with van der Waals surface area (Å²) in [5, 5.41) is 9.13. The van der Waals surface area contributed by atoms with Crippen molar-refractivity contribution in [1.29, 1.82) is 0 Å². The fraction of sp³-hybridized carbons (Fsp3) is 0.0556. The summed E-state index contributed by atoms with van der Waals surface area (Å²) in [5.41, 5.74) is 1.65. The van der Waals surface area contributed by atoms with Crippen LogP contribution in [0.25, 0.3) is 6.08 Å². The van der Waals surface area contributed by atoms with E-state index >= 15 is 0 Å². The molecule has 1 heterocycles. The lowest BCUT2D eigenvalue weighted by molar-refractivity contribution is -0.120. The molecule has 0 aromatic heterocycles. The van der Waals surface area contributed by atoms with Crippen molar-refractivity contribution in [3.05, 3.63) is 70.1 Å². The molecule has 1 fully saturated rings. The molecule has 0 aliphatic carbocycles. The van der Waals surface area contributed by atoms with Gasteiger partial charge < -0.3 is 5.11 Å². The Morgan fingerprint density at radius 2 is 1.75 bits per heavy atom. The third-order valence-corrected chi connectivity index (χ3v) is 4.39. The average Bonchev–Trinajstić information content (AvgIpc) is 2.84. The van der Waals surface area contributed by atoms with Gasteiger partial charge in [0.25, 0.3) is 11.8 Å². The number of hydrogen-bond acceptors (Lipinski definition) is 5. The molecular weight excluding hydrogens is 326 g/mol. The molecule has 120 valence electrons. The normalized spacial score (nSPS) is 16.0. The van der Waals surface area contributed by atoms with Crippen molar-refractivity contribution in [1.82, 2.24) is 4.90 Å². The predicted molar refractivity (Wildman–Crippen MR) is 91.4 cm³/mol. The summed E-state index contributed by atoms with van der Waals surface area (Å²) in [5.74, 6) is -1.34. The first-order valence-electron chi connectivity index (χ1n) is 7.14. The molecular formula is C18H13NO4S. The van der Waals surface area contributed by atoms with E-state index in [-0.39, 0.29) is 16.2 Å². The minimum atomic E-state index is -0.682. The number of imide groups is 3. The van der Waals surface area contributed by atoms with E-state index in [1.54, 1.807) is 42.5 Å². The van der Waals surface area contributed by atoms with Crippen molar-refractivity contribution in [2.24, 2.45) is 0 Å². The van der Waals surface area contributed by atoms with Crippen LogP contribution in [0, 0.1) is 6.92 Å². The van der Waals surface area contributed by atoms with Crippen LogP contribution >= 0.6 is 11.8 Å². The minimum absolute atomic E-state index is 0.00541. The first-order valence-corrected chi connectivity index (χ1v) is 7.96. The number of aryl methyl sites for hydroxylation is 1. The number of amides is 3. The summed E-state index contributed by atoms with van der Waals surface area (Å²) < 4.78 is 0. The van der Waals surface area contributed by atoms with Gasteiger partial charge in [0.15, 0.2) is 0 Å². The molecule has 0 saturated carbocycles. The molecule has 0 radical (unpaired) electrons. The smallest absolute Gasteiger partial charge is 0.300 e. The summed E-state index contributed by atoms with van der Waals surface area (Å²) in [6.07, 6.45) is 1.41. The number of phenolic OH excluding ortho intramolecular Hbond substituents is 1. The van der Waals surface area contributed by atoms with Crippen molar-refractivity contribution in [3.8, 4) is 5.75 Å². The van der Waals surface area contributed by atoms with Crippen LogP contribution in [0.5, 0.6) is 5.75 Å². The molecule has 1 aliphatic heterocycles. The van der Waals surface area contributed by atoms with Gasteiger partial charge >= 0.3 is 5.24 Å². The highest BCUT2D eigenvalue weighted by atomic mass is 32.2. The second-order valence-electron chi connectivity index (χ2n) is 5.25. The van der Waals surface area contributed by atoms with Crippen LogP contribution in [-0.2, 0) is 4.79 Å². The van der Waals surface area contributed by atoms with Crippen LogP contribution in [0.4, 0.5) is 4.79 Å². The lowest BCUT2D eigenvalue weighted by atomic mass is 10.1. The van der Waals surface area contributed by atoms with E-state index < -0.39 is 17.1 Å². The lowest BCUT2D eigenvalue weighted by Gasteiger charge is -2.10. The second kappa shape index (κ2) is 6.33. The van der Waals surface area contributed by atoms with E-state index in [2.05, 4.69) is 0 Å². The Balaban J connectivity index is 1.91. The average molecular weight is 339 g/mol. The molecule has 3 rings (SSSR count). The SMILES string of the molecule is Cc1ccc(C(=O)N2C(=O)S/C(=C\c3ccccc3O)C2=O)cc1. The quantitative estimate of drug-likeness (QED) is 0.669. The van der Waals surface area contributed by atoms with Gasteiger partial charge in [0.2, 0.25) is 0 Å². The molecule has 0 spiro atoms. The Morgan fingerprint density at radius 3 is 2.42 bits per heavy atom. The van der Waals surface area contributed by atoms with E-state index in [9.17, 15) is 19.5 Å². The van der Waals surface area contributed by atoms with Gasteiger partial charge in [0.1, 0.15) is 5.75 Å². The van der Waals surface area contributed by atoms with Crippen molar-refractivity contribution >= 4 is 34.9 Å². The number of thioether (sulfide) groups is 1. The van der Waals surface area contributed by atoms with E-state index in [0.717, 1.165) is 5.56 Å². The number of carbonyl (C=O) groups is 3. The molecule has 6 heteroatoms. The van der Waals surface area contributed by atoms with Gasteiger partial charge in [0, 0.05) is 11.1 Å². The van der Waals surface area contributed by atoms with E-state index in [4.69, 9.17) is 0 Å². The molecule has 1 saturated heterocycles. The van der Waals surface area contributed by atoms with Gasteiger partial charge in [-0.05, 0) is 43.0 Å². The second-order valence-corrected chi connectivity index (χ2v) is 6.24. The molecule has 2 aromatic rings. The molecule has 2 aromatic carbocycles. The monoisotopic (exact) mass is 339 g/mol. The molecule has 0 unspecified atom stereocenters. The van der Waals surface area contributed by atoms with Crippen molar-refractivity contribution in [2.75, 3.05) is 0 Å². The summed E-state index contributed by atoms with van der Waals surface area (Å²) >= 11 is 0.678. The van der Waals surface area contributed by atoms with E-state index in [0.29, 0.717) is 22.2 Å². The van der Waals surface area contributed by atoms with E-state index in [1.165, 1.54) is 12.1 Å². The van der Waals surface area contributed by atoms with Gasteiger partial charge in [-0.25, -0.2) is 4.90 Å². The molecule has 3 amide bonds. The Kier molecular flexibility index (Phi) is 4.22. The maximum absolute atomic E-state index is 12.4. The number of benzene rings is 2. The Bertz CT molecular complexity index is 871. The fourth-order valence-corrected chi connectivity index (χ4v) is 3.03. The number of nitrogens with zero attached hydrogens (tertiary/aromatic N) is 1. The molecule has 1 N–H and O–H groups in total. The van der Waals surface area contributed by atoms with Crippen molar-refractivity contribution in [3.63, 3.8) is 0 Å². The van der Waals surface area contributed by atoms with Crippen LogP contribution in [-0.4, -0.2) is 27.1 Å². The minimum Gasteiger partial charge on any atom is -0.507 e. The summed E-state index contributed by atoms with van der Waals surface area (Å²) in [6.45, 7) is 1.88. The highest BCUT2D eigenvalue weighted by molar-refractivity contribution is 8.18. The third-order valence-electron chi connectivity index (χ3n) is 3.52. The van der Waals surface area contributed by atoms with Crippen LogP contribution in [0.2, 0.25) is 0 Å². The van der Waals surface area contributed by atoms with Crippen molar-refractivity contribution in [2.45, 2.75) is 6.92 Å². The Labute approximate surface area is 142 Å². The standard InChI is InChI=1S/C18H13NO4S/c1-11-6-8-12(9-7-11)16(21)19-17(22)15(24-18(19)23)10-13-4-2-3-5-14(13)20/h2-10,20H,1H3/b15-10-. The largest absolute Gasteiger partial charge is 0.507 e. The zero-order valence-corrected chi connectivity index (χ0v) is 13.5. The molecule has 24 heavy (non-hydrogen) atoms. The first-order chi connectivity index (χ1) is 11.5. The topological polar surface area (TPSA) is 74.7 Å². The molecule has 0 atom stereocenters. The van der Waals surface area contributed by atoms with Crippen molar-refractivity contribution < 1.29 is 19.5 Å². The Morgan fingerprint density at radius 1 is 1.08 bits per heavy atom. The van der Waals surface area contributed by atoms with Crippen LogP contribution in [0.3, 0.4) is 0 Å². The number of para-hydroxylation sites is 1. The van der Waals surface area contributed by atoms with E-state index in [1.807, 2.05) is 6.92 Å². The third kappa shape index (κ3) is 2.96. The lowest BCUT2D eigenvalue weighted by Crippen LogP contribution is -2.34. The summed E-state index contributed by atoms with van der Waals surface area (Å²) in [4.78, 5) is 37.7. The zero-order valence-electron chi connectivity index (χ0n) is 12.7. The molecule has 0 bridgehead atoms. The van der Waals surface area contributed by atoms with Gasteiger partial charge in [-0.15, -0.1) is 0 Å². The summed E-state index contributed by atoms with van der Waals surface area (Å²) in [6, 6.07) is 13.1. The number of aromatic hydroxyl groups is 1.